The second-order valence-corrected chi connectivity index (χ2v) is 5.57. The van der Waals surface area contributed by atoms with Crippen LogP contribution in [0.3, 0.4) is 0 Å². The number of carbonyl (C=O) groups is 1. The Hall–Kier alpha value is -1.37. The van der Waals surface area contributed by atoms with Crippen LogP contribution in [0.1, 0.15) is 15.9 Å². The number of rotatable bonds is 4. The van der Waals surface area contributed by atoms with Gasteiger partial charge in [-0.3, -0.25) is 10.2 Å². The Labute approximate surface area is 123 Å². The van der Waals surface area contributed by atoms with Gasteiger partial charge in [-0.15, -0.1) is 11.8 Å². The van der Waals surface area contributed by atoms with E-state index in [4.69, 9.17) is 5.84 Å². The maximum Gasteiger partial charge on any atom is 0.265 e. The van der Waals surface area contributed by atoms with Crippen molar-refractivity contribution < 1.29 is 4.79 Å². The van der Waals surface area contributed by atoms with Gasteiger partial charge in [0.1, 0.15) is 5.03 Å². The highest BCUT2D eigenvalue weighted by molar-refractivity contribution is 9.10. The number of hydrogen-bond acceptors (Lipinski definition) is 4. The van der Waals surface area contributed by atoms with Crippen LogP contribution in [0.5, 0.6) is 0 Å². The van der Waals surface area contributed by atoms with Gasteiger partial charge in [-0.1, -0.05) is 12.1 Å². The molecule has 0 aliphatic carbocycles. The summed E-state index contributed by atoms with van der Waals surface area (Å²) in [7, 11) is 0. The molecule has 0 unspecified atom stereocenters. The van der Waals surface area contributed by atoms with Gasteiger partial charge in [0.2, 0.25) is 0 Å². The molecule has 4 nitrogen and oxygen atoms in total. The van der Waals surface area contributed by atoms with Crippen LogP contribution in [0.4, 0.5) is 0 Å². The van der Waals surface area contributed by atoms with Crippen LogP contribution in [-0.2, 0) is 5.75 Å². The third kappa shape index (κ3) is 3.79. The Morgan fingerprint density at radius 1 is 1.37 bits per heavy atom. The van der Waals surface area contributed by atoms with Crippen LogP contribution in [-0.4, -0.2) is 10.9 Å². The van der Waals surface area contributed by atoms with Crippen LogP contribution in [0.25, 0.3) is 0 Å². The highest BCUT2D eigenvalue weighted by Crippen LogP contribution is 2.27. The summed E-state index contributed by atoms with van der Waals surface area (Å²) in [6, 6.07) is 11.2. The highest BCUT2D eigenvalue weighted by atomic mass is 79.9. The number of halogens is 1. The molecule has 2 aromatic rings. The van der Waals surface area contributed by atoms with Crippen molar-refractivity contribution in [3.05, 3.63) is 58.2 Å². The molecule has 1 aromatic heterocycles. The second-order valence-electron chi connectivity index (χ2n) is 3.75. The van der Waals surface area contributed by atoms with Gasteiger partial charge in [-0.05, 0) is 45.8 Å². The summed E-state index contributed by atoms with van der Waals surface area (Å²) < 4.78 is 0.968. The summed E-state index contributed by atoms with van der Waals surface area (Å²) in [6.45, 7) is 0. The number of hydrazine groups is 1. The Balaban J connectivity index is 2.08. The van der Waals surface area contributed by atoms with Gasteiger partial charge >= 0.3 is 0 Å². The highest BCUT2D eigenvalue weighted by Gasteiger charge is 2.06. The summed E-state index contributed by atoms with van der Waals surface area (Å²) in [4.78, 5) is 15.7. The Morgan fingerprint density at radius 2 is 2.21 bits per heavy atom. The Morgan fingerprint density at radius 3 is 2.95 bits per heavy atom. The van der Waals surface area contributed by atoms with Gasteiger partial charge in [0.15, 0.2) is 0 Å². The maximum absolute atomic E-state index is 11.4. The van der Waals surface area contributed by atoms with E-state index in [2.05, 4.69) is 26.3 Å². The quantitative estimate of drug-likeness (QED) is 0.389. The molecule has 1 heterocycles. The molecule has 0 atom stereocenters. The van der Waals surface area contributed by atoms with Crippen LogP contribution >= 0.6 is 27.7 Å². The van der Waals surface area contributed by atoms with Gasteiger partial charge in [0.25, 0.3) is 5.91 Å². The van der Waals surface area contributed by atoms with E-state index < -0.39 is 0 Å². The van der Waals surface area contributed by atoms with E-state index in [1.165, 1.54) is 0 Å². The van der Waals surface area contributed by atoms with Crippen LogP contribution in [0, 0.1) is 0 Å². The summed E-state index contributed by atoms with van der Waals surface area (Å²) >= 11 is 5.06. The lowest BCUT2D eigenvalue weighted by Gasteiger charge is -2.05. The number of nitrogens with one attached hydrogen (secondary N) is 1. The largest absolute Gasteiger partial charge is 0.290 e. The van der Waals surface area contributed by atoms with E-state index in [0.717, 1.165) is 20.8 Å². The van der Waals surface area contributed by atoms with E-state index in [9.17, 15) is 4.79 Å². The molecule has 0 radical (unpaired) electrons. The molecule has 1 aromatic carbocycles. The molecule has 19 heavy (non-hydrogen) atoms. The van der Waals surface area contributed by atoms with E-state index in [0.29, 0.717) is 5.56 Å². The zero-order valence-corrected chi connectivity index (χ0v) is 12.4. The number of hydrogen-bond donors (Lipinski definition) is 2. The van der Waals surface area contributed by atoms with Crippen LogP contribution in [0.15, 0.2) is 52.1 Å². The fourth-order valence-electron chi connectivity index (χ4n) is 1.51. The topological polar surface area (TPSA) is 68.0 Å². The smallest absolute Gasteiger partial charge is 0.265 e. The monoisotopic (exact) mass is 337 g/mol. The first-order chi connectivity index (χ1) is 9.20. The number of pyridine rings is 1. The average molecular weight is 338 g/mol. The number of nitrogens with two attached hydrogens (primary N) is 1. The van der Waals surface area contributed by atoms with Crippen molar-refractivity contribution in [1.29, 1.82) is 0 Å². The number of nitrogen functional groups attached to an aromatic ring is 1. The lowest BCUT2D eigenvalue weighted by atomic mass is 10.1. The first-order valence-electron chi connectivity index (χ1n) is 5.54. The predicted molar refractivity (Wildman–Crippen MR) is 79.6 cm³/mol. The van der Waals surface area contributed by atoms with Crippen molar-refractivity contribution in [3.8, 4) is 0 Å². The molecule has 3 N–H and O–H groups in total. The van der Waals surface area contributed by atoms with E-state index in [1.54, 1.807) is 24.0 Å². The number of carbonyl (C=O) groups excluding carboxylic acids is 1. The van der Waals surface area contributed by atoms with Crippen LogP contribution in [0.2, 0.25) is 0 Å². The summed E-state index contributed by atoms with van der Waals surface area (Å²) in [5.41, 5.74) is 3.73. The van der Waals surface area contributed by atoms with Crippen molar-refractivity contribution in [2.75, 3.05) is 0 Å². The third-order valence-electron chi connectivity index (χ3n) is 2.42. The van der Waals surface area contributed by atoms with Crippen molar-refractivity contribution in [2.24, 2.45) is 5.84 Å². The lowest BCUT2D eigenvalue weighted by Crippen LogP contribution is -2.29. The number of nitrogens with zero attached hydrogens (tertiary/aromatic N) is 1. The van der Waals surface area contributed by atoms with Crippen molar-refractivity contribution in [1.82, 2.24) is 10.4 Å². The SMILES string of the molecule is NNC(=O)c1cccc(CSc2ncccc2Br)c1. The summed E-state index contributed by atoms with van der Waals surface area (Å²) in [5, 5.41) is 0.927. The molecule has 98 valence electrons. The van der Waals surface area contributed by atoms with E-state index in [-0.39, 0.29) is 5.91 Å². The molecule has 0 saturated heterocycles. The van der Waals surface area contributed by atoms with Crippen molar-refractivity contribution >= 4 is 33.6 Å². The van der Waals surface area contributed by atoms with Gasteiger partial charge in [-0.25, -0.2) is 10.8 Å². The lowest BCUT2D eigenvalue weighted by molar-refractivity contribution is 0.0953. The number of aromatic nitrogens is 1. The predicted octanol–water partition coefficient (Wildman–Crippen LogP) is 2.74. The number of thioether (sulfide) groups is 1. The minimum Gasteiger partial charge on any atom is -0.290 e. The molecule has 0 fully saturated rings. The van der Waals surface area contributed by atoms with E-state index >= 15 is 0 Å². The standard InChI is InChI=1S/C13H12BrN3OS/c14-11-5-2-6-16-13(11)19-8-9-3-1-4-10(7-9)12(18)17-15/h1-7H,8,15H2,(H,17,18). The fourth-order valence-corrected chi connectivity index (χ4v) is 2.94. The van der Waals surface area contributed by atoms with Gasteiger partial charge in [0, 0.05) is 22.0 Å². The molecule has 0 aliphatic heterocycles. The minimum absolute atomic E-state index is 0.286. The molecule has 0 saturated carbocycles. The minimum atomic E-state index is -0.286. The zero-order chi connectivity index (χ0) is 13.7. The first-order valence-corrected chi connectivity index (χ1v) is 7.32. The van der Waals surface area contributed by atoms with Crippen molar-refractivity contribution in [2.45, 2.75) is 10.8 Å². The van der Waals surface area contributed by atoms with Crippen LogP contribution < -0.4 is 11.3 Å². The number of amides is 1. The fraction of sp³-hybridized carbons (Fsp3) is 0.0769. The molecule has 2 rings (SSSR count). The first kappa shape index (κ1) is 14.0. The number of benzene rings is 1. The molecule has 1 amide bonds. The molecular weight excluding hydrogens is 326 g/mol. The normalized spacial score (nSPS) is 10.2. The molecule has 0 spiro atoms. The van der Waals surface area contributed by atoms with Gasteiger partial charge in [-0.2, -0.15) is 0 Å². The Bertz CT molecular complexity index is 592. The molecule has 6 heteroatoms. The summed E-state index contributed by atoms with van der Waals surface area (Å²) in [6.07, 6.45) is 1.76. The molecule has 0 aliphatic rings. The third-order valence-corrected chi connectivity index (χ3v) is 4.40. The van der Waals surface area contributed by atoms with E-state index in [1.807, 2.05) is 30.3 Å². The Kier molecular flexibility index (Phi) is 4.95. The maximum atomic E-state index is 11.4. The van der Waals surface area contributed by atoms with Gasteiger partial charge < -0.3 is 0 Å². The summed E-state index contributed by atoms with van der Waals surface area (Å²) in [5.74, 6) is 5.57. The molecular formula is C13H12BrN3OS. The van der Waals surface area contributed by atoms with Crippen molar-refractivity contribution in [3.63, 3.8) is 0 Å². The molecule has 0 bridgehead atoms. The average Bonchev–Trinajstić information content (AvgIpc) is 2.46. The zero-order valence-electron chi connectivity index (χ0n) is 9.97. The second kappa shape index (κ2) is 6.70. The van der Waals surface area contributed by atoms with Gasteiger partial charge in [0.05, 0.1) is 0 Å².